The molecule has 1 rings (SSSR count). The number of ether oxygens (including phenoxy) is 1. The fourth-order valence-corrected chi connectivity index (χ4v) is 1.60. The van der Waals surface area contributed by atoms with Crippen molar-refractivity contribution in [1.29, 1.82) is 0 Å². The smallest absolute Gasteiger partial charge is 0.325 e. The van der Waals surface area contributed by atoms with E-state index in [-0.39, 0.29) is 0 Å². The molecule has 0 amide bonds. The second-order valence-corrected chi connectivity index (χ2v) is 3.57. The molecule has 1 atom stereocenters. The number of nitrogens with two attached hydrogens (primary N) is 1. The molecule has 0 fully saturated rings. The Labute approximate surface area is 92.6 Å². The van der Waals surface area contributed by atoms with E-state index in [9.17, 15) is 4.79 Å². The first kappa shape index (κ1) is 11.8. The molecular weight excluding hydrogens is 218 g/mol. The minimum Gasteiger partial charge on any atom is -0.496 e. The maximum Gasteiger partial charge on any atom is 0.325 e. The molecule has 0 aliphatic carbocycles. The van der Waals surface area contributed by atoms with Crippen molar-refractivity contribution in [2.75, 3.05) is 7.11 Å². The van der Waals surface area contributed by atoms with Crippen molar-refractivity contribution < 1.29 is 14.6 Å². The second kappa shape index (κ2) is 4.51. The van der Waals surface area contributed by atoms with Gasteiger partial charge in [-0.05, 0) is 24.6 Å². The number of aliphatic carboxylic acids is 1. The molecule has 5 heteroatoms. The molecular formula is C10H12ClNO3. The van der Waals surface area contributed by atoms with Gasteiger partial charge in [-0.25, -0.2) is 0 Å². The first-order valence-corrected chi connectivity index (χ1v) is 4.67. The van der Waals surface area contributed by atoms with E-state index in [0.717, 1.165) is 5.56 Å². The Morgan fingerprint density at radius 1 is 1.60 bits per heavy atom. The molecule has 1 aromatic rings. The molecule has 1 unspecified atom stereocenters. The lowest BCUT2D eigenvalue weighted by Crippen LogP contribution is -2.21. The Morgan fingerprint density at radius 2 is 2.20 bits per heavy atom. The highest BCUT2D eigenvalue weighted by molar-refractivity contribution is 6.31. The van der Waals surface area contributed by atoms with E-state index >= 15 is 0 Å². The van der Waals surface area contributed by atoms with Crippen LogP contribution in [-0.2, 0) is 4.79 Å². The molecule has 15 heavy (non-hydrogen) atoms. The Morgan fingerprint density at radius 3 is 2.67 bits per heavy atom. The van der Waals surface area contributed by atoms with Crippen LogP contribution in [-0.4, -0.2) is 18.2 Å². The maximum atomic E-state index is 10.7. The fourth-order valence-electron chi connectivity index (χ4n) is 1.26. The summed E-state index contributed by atoms with van der Waals surface area (Å²) in [5.74, 6) is -0.547. The number of hydrogen-bond acceptors (Lipinski definition) is 3. The van der Waals surface area contributed by atoms with E-state index in [2.05, 4.69) is 0 Å². The molecule has 0 aliphatic rings. The van der Waals surface area contributed by atoms with Crippen LogP contribution in [0.3, 0.4) is 0 Å². The predicted molar refractivity (Wildman–Crippen MR) is 57.3 cm³/mol. The van der Waals surface area contributed by atoms with Crippen molar-refractivity contribution in [2.45, 2.75) is 13.0 Å². The summed E-state index contributed by atoms with van der Waals surface area (Å²) in [6.45, 7) is 1.82. The highest BCUT2D eigenvalue weighted by Crippen LogP contribution is 2.29. The quantitative estimate of drug-likeness (QED) is 0.828. The lowest BCUT2D eigenvalue weighted by Gasteiger charge is -2.12. The van der Waals surface area contributed by atoms with Gasteiger partial charge in [-0.15, -0.1) is 0 Å². The zero-order chi connectivity index (χ0) is 11.6. The summed E-state index contributed by atoms with van der Waals surface area (Å²) in [6, 6.07) is 2.06. The number of benzene rings is 1. The van der Waals surface area contributed by atoms with Crippen molar-refractivity contribution in [3.8, 4) is 5.75 Å². The minimum absolute atomic E-state index is 0.336. The molecule has 0 spiro atoms. The molecule has 0 aromatic heterocycles. The van der Waals surface area contributed by atoms with Crippen molar-refractivity contribution in [1.82, 2.24) is 0 Å². The lowest BCUT2D eigenvalue weighted by molar-refractivity contribution is -0.138. The molecule has 0 heterocycles. The number of hydrogen-bond donors (Lipinski definition) is 2. The van der Waals surface area contributed by atoms with Gasteiger partial charge in [-0.3, -0.25) is 4.79 Å². The summed E-state index contributed by atoms with van der Waals surface area (Å²) >= 11 is 5.90. The average molecular weight is 230 g/mol. The molecule has 0 bridgehead atoms. The molecule has 82 valence electrons. The van der Waals surface area contributed by atoms with Gasteiger partial charge in [-0.2, -0.15) is 0 Å². The number of halogens is 1. The Balaban J connectivity index is 3.24. The largest absolute Gasteiger partial charge is 0.496 e. The molecule has 0 saturated heterocycles. The number of aryl methyl sites for hydroxylation is 1. The van der Waals surface area contributed by atoms with E-state index in [4.69, 9.17) is 27.2 Å². The average Bonchev–Trinajstić information content (AvgIpc) is 2.17. The normalized spacial score (nSPS) is 12.3. The molecule has 1 aromatic carbocycles. The summed E-state index contributed by atoms with van der Waals surface area (Å²) in [6.07, 6.45) is 0. The van der Waals surface area contributed by atoms with Crippen LogP contribution in [0.4, 0.5) is 0 Å². The van der Waals surface area contributed by atoms with Crippen molar-refractivity contribution in [2.24, 2.45) is 5.73 Å². The second-order valence-electron chi connectivity index (χ2n) is 3.16. The summed E-state index contributed by atoms with van der Waals surface area (Å²) in [7, 11) is 1.51. The van der Waals surface area contributed by atoms with E-state index in [0.29, 0.717) is 16.3 Å². The van der Waals surface area contributed by atoms with Gasteiger partial charge in [0.1, 0.15) is 11.8 Å². The monoisotopic (exact) mass is 229 g/mol. The number of carbonyl (C=O) groups is 1. The van der Waals surface area contributed by atoms with Crippen LogP contribution in [0.5, 0.6) is 5.75 Å². The van der Waals surface area contributed by atoms with E-state index in [1.165, 1.54) is 7.11 Å². The lowest BCUT2D eigenvalue weighted by atomic mass is 10.0. The van der Waals surface area contributed by atoms with Crippen LogP contribution < -0.4 is 10.5 Å². The Kier molecular flexibility index (Phi) is 3.55. The van der Waals surface area contributed by atoms with Crippen LogP contribution in [0.15, 0.2) is 12.1 Å². The van der Waals surface area contributed by atoms with Crippen LogP contribution >= 0.6 is 11.6 Å². The summed E-state index contributed by atoms with van der Waals surface area (Å²) < 4.78 is 5.06. The Hall–Kier alpha value is -1.26. The third-order valence-electron chi connectivity index (χ3n) is 2.12. The van der Waals surface area contributed by atoms with Crippen LogP contribution in [0.25, 0.3) is 0 Å². The van der Waals surface area contributed by atoms with Crippen molar-refractivity contribution in [3.63, 3.8) is 0 Å². The van der Waals surface area contributed by atoms with Gasteiger partial charge in [-0.1, -0.05) is 11.6 Å². The first-order valence-electron chi connectivity index (χ1n) is 4.29. The summed E-state index contributed by atoms with van der Waals surface area (Å²) in [5.41, 5.74) is 6.66. The topological polar surface area (TPSA) is 72.5 Å². The third kappa shape index (κ3) is 2.40. The van der Waals surface area contributed by atoms with E-state index < -0.39 is 12.0 Å². The number of carboxylic acids is 1. The SMILES string of the molecule is COc1cc(C(N)C(=O)O)c(Cl)cc1C. The van der Waals surface area contributed by atoms with Gasteiger partial charge in [0, 0.05) is 10.6 Å². The summed E-state index contributed by atoms with van der Waals surface area (Å²) in [4.78, 5) is 10.7. The van der Waals surface area contributed by atoms with Crippen LogP contribution in [0.2, 0.25) is 5.02 Å². The molecule has 3 N–H and O–H groups in total. The fraction of sp³-hybridized carbons (Fsp3) is 0.300. The predicted octanol–water partition coefficient (Wildman–Crippen LogP) is 1.74. The molecule has 0 saturated carbocycles. The van der Waals surface area contributed by atoms with Gasteiger partial charge >= 0.3 is 5.97 Å². The van der Waals surface area contributed by atoms with E-state index in [1.54, 1.807) is 12.1 Å². The number of carboxylic acid groups (broad SMARTS) is 1. The van der Waals surface area contributed by atoms with Crippen LogP contribution in [0, 0.1) is 6.92 Å². The Bertz CT molecular complexity index is 392. The highest BCUT2D eigenvalue weighted by atomic mass is 35.5. The maximum absolute atomic E-state index is 10.7. The highest BCUT2D eigenvalue weighted by Gasteiger charge is 2.19. The van der Waals surface area contributed by atoms with Gasteiger partial charge in [0.25, 0.3) is 0 Å². The zero-order valence-electron chi connectivity index (χ0n) is 8.45. The van der Waals surface area contributed by atoms with Gasteiger partial charge < -0.3 is 15.6 Å². The van der Waals surface area contributed by atoms with E-state index in [1.807, 2.05) is 6.92 Å². The standard InChI is InChI=1S/C10H12ClNO3/c1-5-3-7(11)6(4-8(5)15-2)9(12)10(13)14/h3-4,9H,12H2,1-2H3,(H,13,14). The molecule has 4 nitrogen and oxygen atoms in total. The third-order valence-corrected chi connectivity index (χ3v) is 2.44. The van der Waals surface area contributed by atoms with Crippen molar-refractivity contribution >= 4 is 17.6 Å². The van der Waals surface area contributed by atoms with Crippen molar-refractivity contribution in [3.05, 3.63) is 28.3 Å². The zero-order valence-corrected chi connectivity index (χ0v) is 9.21. The summed E-state index contributed by atoms with van der Waals surface area (Å²) in [5, 5.41) is 9.10. The first-order chi connectivity index (χ1) is 6.97. The minimum atomic E-state index is -1.13. The van der Waals surface area contributed by atoms with Gasteiger partial charge in [0.05, 0.1) is 7.11 Å². The number of methoxy groups -OCH3 is 1. The van der Waals surface area contributed by atoms with Gasteiger partial charge in [0.15, 0.2) is 0 Å². The van der Waals surface area contributed by atoms with Gasteiger partial charge in [0.2, 0.25) is 0 Å². The van der Waals surface area contributed by atoms with Crippen LogP contribution in [0.1, 0.15) is 17.2 Å². The molecule has 0 radical (unpaired) electrons. The molecule has 0 aliphatic heterocycles. The number of rotatable bonds is 3.